The molecule has 0 spiro atoms. The van der Waals surface area contributed by atoms with Gasteiger partial charge in [-0.1, -0.05) is 30.3 Å². The Morgan fingerprint density at radius 1 is 1.33 bits per heavy atom. The van der Waals surface area contributed by atoms with E-state index in [0.717, 1.165) is 5.56 Å². The number of nitrogens with one attached hydrogen (secondary N) is 1. The number of carbonyl (C=O) groups is 2. The van der Waals surface area contributed by atoms with E-state index in [1.54, 1.807) is 0 Å². The summed E-state index contributed by atoms with van der Waals surface area (Å²) < 4.78 is 11.0. The summed E-state index contributed by atoms with van der Waals surface area (Å²) in [5, 5.41) is 2.71. The Bertz CT molecular complexity index is 611. The van der Waals surface area contributed by atoms with Gasteiger partial charge in [-0.25, -0.2) is 4.79 Å². The maximum atomic E-state index is 12.7. The molecule has 6 heteroatoms. The van der Waals surface area contributed by atoms with Crippen LogP contribution < -0.4 is 5.32 Å². The van der Waals surface area contributed by atoms with E-state index in [2.05, 4.69) is 5.32 Å². The minimum absolute atomic E-state index is 0.0300. The van der Waals surface area contributed by atoms with Crippen LogP contribution in [0.2, 0.25) is 0 Å². The molecule has 2 saturated heterocycles. The lowest BCUT2D eigenvalue weighted by Gasteiger charge is -2.23. The Kier molecular flexibility index (Phi) is 4.49. The third-order valence-electron chi connectivity index (χ3n) is 4.23. The van der Waals surface area contributed by atoms with Gasteiger partial charge >= 0.3 is 6.09 Å². The van der Waals surface area contributed by atoms with Crippen molar-refractivity contribution in [3.05, 3.63) is 35.9 Å². The van der Waals surface area contributed by atoms with Crippen molar-refractivity contribution >= 4 is 12.0 Å². The molecule has 1 N–H and O–H groups in total. The SMILES string of the molecule is CC(C)(C)OC(=O)NCC1CC2COC(c3ccccc3)N2C1=O. The monoisotopic (exact) mass is 332 g/mol. The molecule has 0 radical (unpaired) electrons. The second-order valence-corrected chi connectivity index (χ2v) is 7.31. The fourth-order valence-corrected chi connectivity index (χ4v) is 3.24. The average molecular weight is 332 g/mol. The molecule has 2 fully saturated rings. The molecule has 0 bridgehead atoms. The van der Waals surface area contributed by atoms with Crippen LogP contribution in [0.3, 0.4) is 0 Å². The zero-order valence-electron chi connectivity index (χ0n) is 14.3. The highest BCUT2D eigenvalue weighted by atomic mass is 16.6. The molecule has 2 aliphatic heterocycles. The van der Waals surface area contributed by atoms with Gasteiger partial charge in [-0.2, -0.15) is 0 Å². The Morgan fingerprint density at radius 2 is 2.04 bits per heavy atom. The van der Waals surface area contributed by atoms with Crippen LogP contribution in [0.15, 0.2) is 30.3 Å². The van der Waals surface area contributed by atoms with Crippen molar-refractivity contribution in [3.8, 4) is 0 Å². The van der Waals surface area contributed by atoms with Crippen LogP contribution >= 0.6 is 0 Å². The van der Waals surface area contributed by atoms with Gasteiger partial charge in [-0.15, -0.1) is 0 Å². The van der Waals surface area contributed by atoms with E-state index in [1.807, 2.05) is 56.0 Å². The summed E-state index contributed by atoms with van der Waals surface area (Å²) in [6.45, 7) is 6.26. The number of hydrogen-bond donors (Lipinski definition) is 1. The van der Waals surface area contributed by atoms with Gasteiger partial charge in [-0.3, -0.25) is 4.79 Å². The summed E-state index contributed by atoms with van der Waals surface area (Å²) in [5.41, 5.74) is 0.435. The van der Waals surface area contributed by atoms with E-state index in [4.69, 9.17) is 9.47 Å². The van der Waals surface area contributed by atoms with E-state index in [1.165, 1.54) is 0 Å². The van der Waals surface area contributed by atoms with E-state index in [-0.39, 0.29) is 24.1 Å². The molecule has 24 heavy (non-hydrogen) atoms. The smallest absolute Gasteiger partial charge is 0.407 e. The average Bonchev–Trinajstić information content (AvgIpc) is 3.05. The van der Waals surface area contributed by atoms with E-state index in [0.29, 0.717) is 19.6 Å². The third kappa shape index (κ3) is 3.53. The molecule has 0 saturated carbocycles. The number of alkyl carbamates (subject to hydrolysis) is 1. The second kappa shape index (κ2) is 6.43. The molecule has 2 amide bonds. The number of carbonyl (C=O) groups excluding carboxylic acids is 2. The van der Waals surface area contributed by atoms with Crippen LogP contribution in [-0.4, -0.2) is 41.7 Å². The lowest BCUT2D eigenvalue weighted by atomic mass is 10.1. The number of fused-ring (bicyclic) bond motifs is 1. The molecule has 130 valence electrons. The standard InChI is InChI=1S/C18H24N2O4/c1-18(2,3)24-17(22)19-10-13-9-14-11-23-16(20(14)15(13)21)12-7-5-4-6-8-12/h4-8,13-14,16H,9-11H2,1-3H3,(H,19,22). The zero-order chi connectivity index (χ0) is 17.3. The molecule has 0 aliphatic carbocycles. The highest BCUT2D eigenvalue weighted by Gasteiger charge is 2.48. The van der Waals surface area contributed by atoms with Crippen LogP contribution in [0.1, 0.15) is 39.0 Å². The quantitative estimate of drug-likeness (QED) is 0.923. The lowest BCUT2D eigenvalue weighted by Crippen LogP contribution is -2.38. The first-order chi connectivity index (χ1) is 11.3. The Hall–Kier alpha value is -2.08. The number of benzene rings is 1. The fraction of sp³-hybridized carbons (Fsp3) is 0.556. The molecule has 1 aromatic carbocycles. The molecule has 2 aliphatic rings. The molecule has 1 aromatic rings. The van der Waals surface area contributed by atoms with Crippen molar-refractivity contribution in [2.24, 2.45) is 5.92 Å². The maximum Gasteiger partial charge on any atom is 0.407 e. The summed E-state index contributed by atoms with van der Waals surface area (Å²) in [6.07, 6.45) is -0.119. The van der Waals surface area contributed by atoms with E-state index in [9.17, 15) is 9.59 Å². The molecular formula is C18H24N2O4. The van der Waals surface area contributed by atoms with Crippen molar-refractivity contribution in [1.82, 2.24) is 10.2 Å². The van der Waals surface area contributed by atoms with Crippen LogP contribution in [-0.2, 0) is 14.3 Å². The van der Waals surface area contributed by atoms with Gasteiger partial charge in [0.1, 0.15) is 5.60 Å². The zero-order valence-corrected chi connectivity index (χ0v) is 14.3. The minimum Gasteiger partial charge on any atom is -0.444 e. The third-order valence-corrected chi connectivity index (χ3v) is 4.23. The van der Waals surface area contributed by atoms with Gasteiger partial charge in [0.2, 0.25) is 5.91 Å². The molecule has 3 unspecified atom stereocenters. The summed E-state index contributed by atoms with van der Waals surface area (Å²) >= 11 is 0. The maximum absolute atomic E-state index is 12.7. The first-order valence-electron chi connectivity index (χ1n) is 8.31. The predicted octanol–water partition coefficient (Wildman–Crippen LogP) is 2.46. The summed E-state index contributed by atoms with van der Waals surface area (Å²) in [5.74, 6) is -0.194. The molecule has 3 atom stereocenters. The van der Waals surface area contributed by atoms with Crippen molar-refractivity contribution in [3.63, 3.8) is 0 Å². The Labute approximate surface area is 142 Å². The van der Waals surface area contributed by atoms with Crippen LogP contribution in [0, 0.1) is 5.92 Å². The van der Waals surface area contributed by atoms with E-state index < -0.39 is 11.7 Å². The summed E-state index contributed by atoms with van der Waals surface area (Å²) in [7, 11) is 0. The van der Waals surface area contributed by atoms with Crippen LogP contribution in [0.4, 0.5) is 4.79 Å². The van der Waals surface area contributed by atoms with Gasteiger partial charge in [-0.05, 0) is 27.2 Å². The predicted molar refractivity (Wildman–Crippen MR) is 88.1 cm³/mol. The summed E-state index contributed by atoms with van der Waals surface area (Å²) in [4.78, 5) is 26.3. The number of hydrogen-bond acceptors (Lipinski definition) is 4. The molecule has 2 heterocycles. The number of nitrogens with zero attached hydrogens (tertiary/aromatic N) is 1. The van der Waals surface area contributed by atoms with Crippen molar-refractivity contribution < 1.29 is 19.1 Å². The number of rotatable bonds is 3. The summed E-state index contributed by atoms with van der Waals surface area (Å²) in [6, 6.07) is 9.82. The van der Waals surface area contributed by atoms with Crippen molar-refractivity contribution in [1.29, 1.82) is 0 Å². The van der Waals surface area contributed by atoms with Gasteiger partial charge in [0, 0.05) is 12.1 Å². The number of ether oxygens (including phenoxy) is 2. The van der Waals surface area contributed by atoms with Crippen molar-refractivity contribution in [2.45, 2.75) is 45.1 Å². The second-order valence-electron chi connectivity index (χ2n) is 7.31. The molecule has 6 nitrogen and oxygen atoms in total. The normalized spacial score (nSPS) is 26.4. The van der Waals surface area contributed by atoms with Crippen LogP contribution in [0.25, 0.3) is 0 Å². The Balaban J connectivity index is 1.60. The highest BCUT2D eigenvalue weighted by molar-refractivity contribution is 5.83. The largest absolute Gasteiger partial charge is 0.444 e. The molecular weight excluding hydrogens is 308 g/mol. The van der Waals surface area contributed by atoms with Gasteiger partial charge in [0.05, 0.1) is 18.6 Å². The minimum atomic E-state index is -0.546. The first-order valence-corrected chi connectivity index (χ1v) is 8.31. The van der Waals surface area contributed by atoms with E-state index >= 15 is 0 Å². The topological polar surface area (TPSA) is 67.9 Å². The van der Waals surface area contributed by atoms with Crippen LogP contribution in [0.5, 0.6) is 0 Å². The number of amides is 2. The van der Waals surface area contributed by atoms with Crippen molar-refractivity contribution in [2.75, 3.05) is 13.2 Å². The molecule has 3 rings (SSSR count). The lowest BCUT2D eigenvalue weighted by molar-refractivity contribution is -0.137. The Morgan fingerprint density at radius 3 is 2.71 bits per heavy atom. The van der Waals surface area contributed by atoms with Gasteiger partial charge < -0.3 is 19.7 Å². The molecule has 0 aromatic heterocycles. The first kappa shape index (κ1) is 16.8. The fourth-order valence-electron chi connectivity index (χ4n) is 3.24. The van der Waals surface area contributed by atoms with Gasteiger partial charge in [0.15, 0.2) is 6.23 Å². The van der Waals surface area contributed by atoms with Gasteiger partial charge in [0.25, 0.3) is 0 Å². The highest BCUT2D eigenvalue weighted by Crippen LogP contribution is 2.39.